The summed E-state index contributed by atoms with van der Waals surface area (Å²) in [6, 6.07) is 4.72. The van der Waals surface area contributed by atoms with Crippen LogP contribution in [0.4, 0.5) is 23.7 Å². The summed E-state index contributed by atoms with van der Waals surface area (Å²) in [5.41, 5.74) is 0.218. The summed E-state index contributed by atoms with van der Waals surface area (Å²) in [4.78, 5) is 13.8. The van der Waals surface area contributed by atoms with Crippen LogP contribution in [0.5, 0.6) is 5.75 Å². The van der Waals surface area contributed by atoms with E-state index in [9.17, 15) is 23.1 Å². The van der Waals surface area contributed by atoms with Gasteiger partial charge in [-0.3, -0.25) is 0 Å². The van der Waals surface area contributed by atoms with Gasteiger partial charge in [-0.25, -0.2) is 4.79 Å². The first-order valence-electron chi connectivity index (χ1n) is 7.34. The van der Waals surface area contributed by atoms with E-state index >= 15 is 0 Å². The predicted molar refractivity (Wildman–Crippen MR) is 78.1 cm³/mol. The van der Waals surface area contributed by atoms with Gasteiger partial charge in [0.1, 0.15) is 5.75 Å². The highest BCUT2D eigenvalue weighted by Gasteiger charge is 2.31. The molecule has 2 unspecified atom stereocenters. The van der Waals surface area contributed by atoms with Gasteiger partial charge in [0.2, 0.25) is 0 Å². The number of aliphatic hydroxyl groups is 1. The van der Waals surface area contributed by atoms with Crippen LogP contribution in [-0.4, -0.2) is 41.6 Å². The van der Waals surface area contributed by atoms with Crippen molar-refractivity contribution in [1.29, 1.82) is 0 Å². The lowest BCUT2D eigenvalue weighted by molar-refractivity contribution is -0.274. The Kier molecular flexibility index (Phi) is 5.35. The lowest BCUT2D eigenvalue weighted by Gasteiger charge is -2.34. The Hall–Kier alpha value is -1.96. The molecule has 0 aliphatic carbocycles. The highest BCUT2D eigenvalue weighted by molar-refractivity contribution is 5.89. The highest BCUT2D eigenvalue weighted by atomic mass is 19.4. The van der Waals surface area contributed by atoms with Crippen LogP contribution in [0.15, 0.2) is 24.3 Å². The number of rotatable bonds is 3. The van der Waals surface area contributed by atoms with Crippen molar-refractivity contribution >= 4 is 11.7 Å². The number of hydrogen-bond acceptors (Lipinski definition) is 3. The molecule has 1 heterocycles. The first-order valence-corrected chi connectivity index (χ1v) is 7.34. The number of nitrogens with zero attached hydrogens (tertiary/aromatic N) is 1. The Morgan fingerprint density at radius 3 is 2.87 bits per heavy atom. The van der Waals surface area contributed by atoms with E-state index in [1.165, 1.54) is 12.1 Å². The highest BCUT2D eigenvalue weighted by Crippen LogP contribution is 2.26. The summed E-state index contributed by atoms with van der Waals surface area (Å²) < 4.78 is 40.4. The van der Waals surface area contributed by atoms with Crippen molar-refractivity contribution in [3.63, 3.8) is 0 Å². The molecule has 1 aliphatic heterocycles. The number of urea groups is 1. The van der Waals surface area contributed by atoms with Crippen molar-refractivity contribution in [3.05, 3.63) is 24.3 Å². The molecule has 1 aromatic rings. The Labute approximate surface area is 132 Å². The number of benzene rings is 1. The number of anilines is 1. The normalized spacial score (nSPS) is 20.0. The molecule has 1 aromatic carbocycles. The zero-order chi connectivity index (χ0) is 17.0. The van der Waals surface area contributed by atoms with Crippen LogP contribution in [0.1, 0.15) is 19.8 Å². The van der Waals surface area contributed by atoms with Crippen molar-refractivity contribution in [1.82, 2.24) is 4.90 Å². The standard InChI is InChI=1S/C15H19F3N2O3/c1-10(21)11-4-3-7-20(9-11)14(22)19-12-5-2-6-13(8-12)23-15(16,17)18/h2,5-6,8,10-11,21H,3-4,7,9H2,1H3,(H,19,22). The number of halogens is 3. The van der Waals surface area contributed by atoms with Crippen LogP contribution < -0.4 is 10.1 Å². The van der Waals surface area contributed by atoms with Crippen LogP contribution in [0, 0.1) is 5.92 Å². The minimum absolute atomic E-state index is 0.00870. The number of likely N-dealkylation sites (tertiary alicyclic amines) is 1. The second kappa shape index (κ2) is 7.08. The van der Waals surface area contributed by atoms with Crippen molar-refractivity contribution in [2.45, 2.75) is 32.2 Å². The van der Waals surface area contributed by atoms with Crippen molar-refractivity contribution < 1.29 is 27.8 Å². The van der Waals surface area contributed by atoms with Gasteiger partial charge in [-0.05, 0) is 31.9 Å². The first-order chi connectivity index (χ1) is 10.7. The van der Waals surface area contributed by atoms with Crippen molar-refractivity contribution in [2.24, 2.45) is 5.92 Å². The molecule has 1 aliphatic rings. The average molecular weight is 332 g/mol. The lowest BCUT2D eigenvalue weighted by Crippen LogP contribution is -2.44. The largest absolute Gasteiger partial charge is 0.573 e. The van der Waals surface area contributed by atoms with Gasteiger partial charge in [-0.15, -0.1) is 13.2 Å². The molecular formula is C15H19F3N2O3. The smallest absolute Gasteiger partial charge is 0.406 e. The van der Waals surface area contributed by atoms with Gasteiger partial charge in [-0.2, -0.15) is 0 Å². The number of carbonyl (C=O) groups is 1. The maximum absolute atomic E-state index is 12.2. The molecule has 5 nitrogen and oxygen atoms in total. The minimum Gasteiger partial charge on any atom is -0.406 e. The summed E-state index contributed by atoms with van der Waals surface area (Å²) in [5, 5.41) is 12.2. The maximum atomic E-state index is 12.2. The molecule has 0 saturated carbocycles. The molecule has 128 valence electrons. The fourth-order valence-electron chi connectivity index (χ4n) is 2.56. The van der Waals surface area contributed by atoms with Crippen LogP contribution in [0.2, 0.25) is 0 Å². The minimum atomic E-state index is -4.78. The Morgan fingerprint density at radius 1 is 1.48 bits per heavy atom. The summed E-state index contributed by atoms with van der Waals surface area (Å²) in [6.45, 7) is 2.65. The quantitative estimate of drug-likeness (QED) is 0.893. The number of aliphatic hydroxyl groups excluding tert-OH is 1. The van der Waals surface area contributed by atoms with E-state index in [4.69, 9.17) is 0 Å². The van der Waals surface area contributed by atoms with Gasteiger partial charge in [0.05, 0.1) is 6.10 Å². The van der Waals surface area contributed by atoms with Crippen LogP contribution in [0.25, 0.3) is 0 Å². The van der Waals surface area contributed by atoms with E-state index in [-0.39, 0.29) is 11.6 Å². The number of hydrogen-bond donors (Lipinski definition) is 2. The van der Waals surface area contributed by atoms with Gasteiger partial charge < -0.3 is 20.1 Å². The average Bonchev–Trinajstić information content (AvgIpc) is 2.46. The van der Waals surface area contributed by atoms with Crippen molar-refractivity contribution in [2.75, 3.05) is 18.4 Å². The molecule has 0 spiro atoms. The third-order valence-electron chi connectivity index (χ3n) is 3.75. The zero-order valence-electron chi connectivity index (χ0n) is 12.6. The number of nitrogens with one attached hydrogen (secondary N) is 1. The summed E-state index contributed by atoms with van der Waals surface area (Å²) in [5.74, 6) is -0.384. The van der Waals surface area contributed by atoms with E-state index < -0.39 is 24.2 Å². The van der Waals surface area contributed by atoms with Gasteiger partial charge in [0.25, 0.3) is 0 Å². The fourth-order valence-corrected chi connectivity index (χ4v) is 2.56. The molecule has 8 heteroatoms. The van der Waals surface area contributed by atoms with Gasteiger partial charge in [-0.1, -0.05) is 6.07 Å². The second-order valence-corrected chi connectivity index (χ2v) is 5.59. The molecule has 2 atom stereocenters. The topological polar surface area (TPSA) is 61.8 Å². The molecule has 1 fully saturated rings. The van der Waals surface area contributed by atoms with Gasteiger partial charge >= 0.3 is 12.4 Å². The third-order valence-corrected chi connectivity index (χ3v) is 3.75. The first kappa shape index (κ1) is 17.4. The Morgan fingerprint density at radius 2 is 2.22 bits per heavy atom. The van der Waals surface area contributed by atoms with Crippen LogP contribution in [-0.2, 0) is 0 Å². The number of piperidine rings is 1. The molecular weight excluding hydrogens is 313 g/mol. The Balaban J connectivity index is 1.98. The Bertz CT molecular complexity index is 549. The van der Waals surface area contributed by atoms with Crippen molar-refractivity contribution in [3.8, 4) is 5.75 Å². The van der Waals surface area contributed by atoms with Gasteiger partial charge in [0, 0.05) is 30.8 Å². The second-order valence-electron chi connectivity index (χ2n) is 5.59. The van der Waals surface area contributed by atoms with E-state index in [1.807, 2.05) is 0 Å². The molecule has 0 radical (unpaired) electrons. The van der Waals surface area contributed by atoms with E-state index in [2.05, 4.69) is 10.1 Å². The zero-order valence-corrected chi connectivity index (χ0v) is 12.6. The summed E-state index contributed by atoms with van der Waals surface area (Å²) in [7, 11) is 0. The molecule has 2 rings (SSSR count). The molecule has 0 aromatic heterocycles. The molecule has 2 amide bonds. The number of amides is 2. The SMILES string of the molecule is CC(O)C1CCCN(C(=O)Nc2cccc(OC(F)(F)F)c2)C1. The molecule has 23 heavy (non-hydrogen) atoms. The fraction of sp³-hybridized carbons (Fsp3) is 0.533. The summed E-state index contributed by atoms with van der Waals surface area (Å²) >= 11 is 0. The number of alkyl halides is 3. The van der Waals surface area contributed by atoms with Gasteiger partial charge in [0.15, 0.2) is 0 Å². The van der Waals surface area contributed by atoms with Crippen LogP contribution in [0.3, 0.4) is 0 Å². The molecule has 2 N–H and O–H groups in total. The third kappa shape index (κ3) is 5.31. The maximum Gasteiger partial charge on any atom is 0.573 e. The van der Waals surface area contributed by atoms with E-state index in [1.54, 1.807) is 11.8 Å². The number of carbonyl (C=O) groups excluding carboxylic acids is 1. The summed E-state index contributed by atoms with van der Waals surface area (Å²) in [6.07, 6.45) is -3.66. The number of ether oxygens (including phenoxy) is 1. The molecule has 0 bridgehead atoms. The predicted octanol–water partition coefficient (Wildman–Crippen LogP) is 3.21. The van der Waals surface area contributed by atoms with E-state index in [0.29, 0.717) is 13.1 Å². The van der Waals surface area contributed by atoms with Crippen LogP contribution >= 0.6 is 0 Å². The lowest BCUT2D eigenvalue weighted by atomic mass is 9.94. The molecule has 1 saturated heterocycles. The van der Waals surface area contributed by atoms with E-state index in [0.717, 1.165) is 25.0 Å². The monoisotopic (exact) mass is 332 g/mol.